The highest BCUT2D eigenvalue weighted by Crippen LogP contribution is 2.34. The van der Waals surface area contributed by atoms with Gasteiger partial charge >= 0.3 is 5.97 Å². The molecule has 24 heavy (non-hydrogen) atoms. The van der Waals surface area contributed by atoms with Gasteiger partial charge in [0.25, 0.3) is 0 Å². The minimum Gasteiger partial charge on any atom is -0.481 e. The van der Waals surface area contributed by atoms with Gasteiger partial charge in [0.2, 0.25) is 0 Å². The zero-order valence-corrected chi connectivity index (χ0v) is 14.4. The molecule has 1 atom stereocenters. The fraction of sp³-hybridized carbons (Fsp3) is 0.353. The minimum atomic E-state index is -0.832. The molecule has 0 aliphatic carbocycles. The number of carbonyl (C=O) groups is 1. The van der Waals surface area contributed by atoms with Gasteiger partial charge in [-0.2, -0.15) is 0 Å². The zero-order valence-electron chi connectivity index (χ0n) is 12.9. The first-order valence-corrected chi connectivity index (χ1v) is 8.37. The number of aliphatic carboxylic acids is 1. The van der Waals surface area contributed by atoms with E-state index in [0.29, 0.717) is 42.1 Å². The van der Waals surface area contributed by atoms with Crippen LogP contribution in [0.4, 0.5) is 0 Å². The first-order chi connectivity index (χ1) is 11.5. The van der Waals surface area contributed by atoms with Crippen LogP contribution in [0.25, 0.3) is 11.3 Å². The summed E-state index contributed by atoms with van der Waals surface area (Å²) in [7, 11) is 0. The summed E-state index contributed by atoms with van der Waals surface area (Å²) < 4.78 is 11.3. The zero-order chi connectivity index (χ0) is 17.1. The molecule has 1 N–H and O–H groups in total. The number of halogens is 2. The van der Waals surface area contributed by atoms with Gasteiger partial charge in [-0.15, -0.1) is 0 Å². The number of nitrogens with zero attached hydrogens (tertiary/aromatic N) is 1. The summed E-state index contributed by atoms with van der Waals surface area (Å²) in [5.74, 6) is 0.556. The van der Waals surface area contributed by atoms with E-state index in [1.54, 1.807) is 6.07 Å². The van der Waals surface area contributed by atoms with Gasteiger partial charge in [-0.3, -0.25) is 9.69 Å². The van der Waals surface area contributed by atoms with E-state index in [2.05, 4.69) is 4.90 Å². The summed E-state index contributed by atoms with van der Waals surface area (Å²) >= 11 is 12.3. The van der Waals surface area contributed by atoms with Crippen molar-refractivity contribution < 1.29 is 19.1 Å². The molecule has 7 heteroatoms. The van der Waals surface area contributed by atoms with Crippen molar-refractivity contribution in [3.8, 4) is 11.3 Å². The van der Waals surface area contributed by atoms with E-state index < -0.39 is 5.97 Å². The molecule has 1 fully saturated rings. The van der Waals surface area contributed by atoms with Gasteiger partial charge in [0.05, 0.1) is 36.2 Å². The predicted octanol–water partition coefficient (Wildman–Crippen LogP) is 3.93. The SMILES string of the molecule is O=C(O)C[C@@H]1COCCN1Cc1ccc(-c2cccc(Cl)c2Cl)o1. The Kier molecular flexibility index (Phi) is 5.46. The average Bonchev–Trinajstić information content (AvgIpc) is 3.00. The number of benzene rings is 1. The van der Waals surface area contributed by atoms with Crippen LogP contribution < -0.4 is 0 Å². The van der Waals surface area contributed by atoms with Crippen LogP contribution in [-0.2, 0) is 16.1 Å². The molecule has 0 amide bonds. The number of ether oxygens (including phenoxy) is 1. The molecule has 0 radical (unpaired) electrons. The third-order valence-electron chi connectivity index (χ3n) is 4.00. The van der Waals surface area contributed by atoms with E-state index in [9.17, 15) is 4.79 Å². The lowest BCUT2D eigenvalue weighted by Gasteiger charge is -2.34. The van der Waals surface area contributed by atoms with Crippen molar-refractivity contribution in [3.63, 3.8) is 0 Å². The van der Waals surface area contributed by atoms with Crippen LogP contribution in [-0.4, -0.2) is 41.8 Å². The maximum absolute atomic E-state index is 11.0. The molecular weight excluding hydrogens is 353 g/mol. The lowest BCUT2D eigenvalue weighted by Crippen LogP contribution is -2.45. The van der Waals surface area contributed by atoms with E-state index in [0.717, 1.165) is 11.3 Å². The summed E-state index contributed by atoms with van der Waals surface area (Å²) in [5, 5.41) is 9.95. The molecule has 1 aliphatic rings. The van der Waals surface area contributed by atoms with E-state index in [1.165, 1.54) is 0 Å². The smallest absolute Gasteiger partial charge is 0.305 e. The average molecular weight is 370 g/mol. The first kappa shape index (κ1) is 17.3. The van der Waals surface area contributed by atoms with Gasteiger partial charge < -0.3 is 14.3 Å². The molecular formula is C17H17Cl2NO4. The van der Waals surface area contributed by atoms with Crippen LogP contribution in [0.3, 0.4) is 0 Å². The second kappa shape index (κ2) is 7.57. The van der Waals surface area contributed by atoms with E-state index in [4.69, 9.17) is 37.5 Å². The number of morpholine rings is 1. The largest absolute Gasteiger partial charge is 0.481 e. The Hall–Kier alpha value is -1.53. The molecule has 2 aromatic rings. The molecule has 1 aliphatic heterocycles. The molecule has 3 rings (SSSR count). The third-order valence-corrected chi connectivity index (χ3v) is 4.82. The van der Waals surface area contributed by atoms with Crippen LogP contribution in [0.15, 0.2) is 34.7 Å². The van der Waals surface area contributed by atoms with Gasteiger partial charge in [0, 0.05) is 18.2 Å². The van der Waals surface area contributed by atoms with Crippen LogP contribution in [0, 0.1) is 0 Å². The van der Waals surface area contributed by atoms with Crippen LogP contribution in [0.1, 0.15) is 12.2 Å². The second-order valence-corrected chi connectivity index (χ2v) is 6.45. The molecule has 1 saturated heterocycles. The topological polar surface area (TPSA) is 62.9 Å². The normalized spacial score (nSPS) is 18.7. The van der Waals surface area contributed by atoms with Gasteiger partial charge in [-0.25, -0.2) is 0 Å². The number of carboxylic acids is 1. The summed E-state index contributed by atoms with van der Waals surface area (Å²) in [5.41, 5.74) is 0.736. The molecule has 128 valence electrons. The Labute approximate surface area is 149 Å². The number of hydrogen-bond acceptors (Lipinski definition) is 4. The standard InChI is InChI=1S/C17H17Cl2NO4/c18-14-3-1-2-13(17(14)19)15-5-4-12(24-15)9-20-6-7-23-10-11(20)8-16(21)22/h1-5,11H,6-10H2,(H,21,22)/t11-/m1/s1. The van der Waals surface area contributed by atoms with E-state index in [1.807, 2.05) is 24.3 Å². The molecule has 1 aromatic heterocycles. The van der Waals surface area contributed by atoms with Crippen molar-refractivity contribution in [2.75, 3.05) is 19.8 Å². The van der Waals surface area contributed by atoms with Gasteiger partial charge in [-0.1, -0.05) is 29.3 Å². The van der Waals surface area contributed by atoms with Gasteiger partial charge in [0.1, 0.15) is 11.5 Å². The summed E-state index contributed by atoms with van der Waals surface area (Å²) in [6, 6.07) is 8.95. The van der Waals surface area contributed by atoms with E-state index >= 15 is 0 Å². The lowest BCUT2D eigenvalue weighted by molar-refractivity contribution is -0.140. The predicted molar refractivity (Wildman–Crippen MR) is 91.4 cm³/mol. The van der Waals surface area contributed by atoms with Crippen molar-refractivity contribution in [1.29, 1.82) is 0 Å². The number of furan rings is 1. The number of carboxylic acid groups (broad SMARTS) is 1. The highest BCUT2D eigenvalue weighted by atomic mass is 35.5. The lowest BCUT2D eigenvalue weighted by atomic mass is 10.1. The third kappa shape index (κ3) is 3.92. The molecule has 0 saturated carbocycles. The van der Waals surface area contributed by atoms with Crippen molar-refractivity contribution in [2.45, 2.75) is 19.0 Å². The Bertz CT molecular complexity index is 731. The fourth-order valence-electron chi connectivity index (χ4n) is 2.79. The van der Waals surface area contributed by atoms with Crippen molar-refractivity contribution in [3.05, 3.63) is 46.1 Å². The van der Waals surface area contributed by atoms with Crippen LogP contribution in [0.5, 0.6) is 0 Å². The monoisotopic (exact) mass is 369 g/mol. The molecule has 2 heterocycles. The summed E-state index contributed by atoms with van der Waals surface area (Å²) in [4.78, 5) is 13.1. The Balaban J connectivity index is 1.75. The number of rotatable bonds is 5. The Morgan fingerprint density at radius 1 is 1.29 bits per heavy atom. The van der Waals surface area contributed by atoms with Crippen molar-refractivity contribution in [2.24, 2.45) is 0 Å². The minimum absolute atomic E-state index is 0.0493. The Morgan fingerprint density at radius 3 is 2.92 bits per heavy atom. The van der Waals surface area contributed by atoms with Gasteiger partial charge in [-0.05, 0) is 24.3 Å². The quantitative estimate of drug-likeness (QED) is 0.864. The molecule has 0 bridgehead atoms. The molecule has 0 spiro atoms. The maximum Gasteiger partial charge on any atom is 0.305 e. The second-order valence-electron chi connectivity index (χ2n) is 5.66. The Morgan fingerprint density at radius 2 is 2.12 bits per heavy atom. The highest BCUT2D eigenvalue weighted by Gasteiger charge is 2.26. The highest BCUT2D eigenvalue weighted by molar-refractivity contribution is 6.43. The summed E-state index contributed by atoms with van der Waals surface area (Å²) in [6.07, 6.45) is 0.0493. The summed E-state index contributed by atoms with van der Waals surface area (Å²) in [6.45, 7) is 2.20. The molecule has 1 aromatic carbocycles. The molecule has 0 unspecified atom stereocenters. The van der Waals surface area contributed by atoms with Gasteiger partial charge in [0.15, 0.2) is 0 Å². The van der Waals surface area contributed by atoms with Crippen molar-refractivity contribution >= 4 is 29.2 Å². The van der Waals surface area contributed by atoms with Crippen LogP contribution in [0.2, 0.25) is 10.0 Å². The molecule has 5 nitrogen and oxygen atoms in total. The number of hydrogen-bond donors (Lipinski definition) is 1. The van der Waals surface area contributed by atoms with E-state index in [-0.39, 0.29) is 12.5 Å². The fourth-order valence-corrected chi connectivity index (χ4v) is 3.18. The van der Waals surface area contributed by atoms with Crippen LogP contribution >= 0.6 is 23.2 Å². The first-order valence-electron chi connectivity index (χ1n) is 7.61. The van der Waals surface area contributed by atoms with Crippen molar-refractivity contribution in [1.82, 2.24) is 4.90 Å². The maximum atomic E-state index is 11.0.